The molecule has 7 rings (SSSR count). The lowest BCUT2D eigenvalue weighted by molar-refractivity contribution is 0.0514. The third kappa shape index (κ3) is 3.16. The summed E-state index contributed by atoms with van der Waals surface area (Å²) in [5.74, 6) is -1.48. The van der Waals surface area contributed by atoms with E-state index in [0.717, 1.165) is 10.8 Å². The SMILES string of the molecule is CCC(CC)N1C(=O)c2ccc3c4c(Br)cc5c6c(ccc(c7c(O)cc(c2c37)C1=O)c64)C(=O)N(C(CC)CC)C5=O. The van der Waals surface area contributed by atoms with Gasteiger partial charge in [0.05, 0.1) is 5.56 Å². The number of imide groups is 2. The van der Waals surface area contributed by atoms with Crippen LogP contribution in [0.25, 0.3) is 43.1 Å². The highest BCUT2D eigenvalue weighted by Gasteiger charge is 2.40. The zero-order valence-corrected chi connectivity index (χ0v) is 25.4. The second-order valence-electron chi connectivity index (χ2n) is 11.3. The molecule has 0 bridgehead atoms. The van der Waals surface area contributed by atoms with Crippen LogP contribution in [-0.4, -0.2) is 50.6 Å². The Hall–Kier alpha value is -4.04. The van der Waals surface area contributed by atoms with Gasteiger partial charge in [-0.3, -0.25) is 29.0 Å². The van der Waals surface area contributed by atoms with Crippen LogP contribution in [0.4, 0.5) is 0 Å². The lowest BCUT2D eigenvalue weighted by Crippen LogP contribution is -2.46. The van der Waals surface area contributed by atoms with Gasteiger partial charge in [-0.1, -0.05) is 55.8 Å². The van der Waals surface area contributed by atoms with E-state index in [1.165, 1.54) is 15.9 Å². The molecule has 212 valence electrons. The molecular weight excluding hydrogens is 596 g/mol. The van der Waals surface area contributed by atoms with Gasteiger partial charge in [0.2, 0.25) is 0 Å². The first-order valence-corrected chi connectivity index (χ1v) is 15.4. The quantitative estimate of drug-likeness (QED) is 0.118. The van der Waals surface area contributed by atoms with Crippen molar-refractivity contribution in [1.29, 1.82) is 0 Å². The van der Waals surface area contributed by atoms with Gasteiger partial charge >= 0.3 is 0 Å². The minimum Gasteiger partial charge on any atom is -0.507 e. The number of amides is 4. The van der Waals surface area contributed by atoms with Gasteiger partial charge in [0, 0.05) is 65.6 Å². The second-order valence-corrected chi connectivity index (χ2v) is 12.2. The largest absolute Gasteiger partial charge is 0.507 e. The highest BCUT2D eigenvalue weighted by molar-refractivity contribution is 9.10. The summed E-state index contributed by atoms with van der Waals surface area (Å²) in [6.45, 7) is 7.84. The first kappa shape index (κ1) is 26.8. The van der Waals surface area contributed by atoms with Crippen molar-refractivity contribution >= 4 is 82.6 Å². The first-order valence-electron chi connectivity index (χ1n) is 14.6. The third-order valence-corrected chi connectivity index (χ3v) is 10.1. The van der Waals surface area contributed by atoms with E-state index < -0.39 is 5.91 Å². The number of nitrogens with zero attached hydrogens (tertiary/aromatic N) is 2. The van der Waals surface area contributed by atoms with Crippen LogP contribution in [0.2, 0.25) is 0 Å². The number of halogens is 1. The van der Waals surface area contributed by atoms with Gasteiger partial charge in [-0.25, -0.2) is 0 Å². The maximum atomic E-state index is 13.9. The van der Waals surface area contributed by atoms with Crippen molar-refractivity contribution < 1.29 is 24.3 Å². The van der Waals surface area contributed by atoms with Crippen LogP contribution in [-0.2, 0) is 0 Å². The monoisotopic (exact) mass is 624 g/mol. The molecule has 0 spiro atoms. The first-order chi connectivity index (χ1) is 20.2. The van der Waals surface area contributed by atoms with Gasteiger partial charge < -0.3 is 5.11 Å². The maximum absolute atomic E-state index is 13.9. The molecule has 0 aromatic heterocycles. The van der Waals surface area contributed by atoms with Gasteiger partial charge in [0.1, 0.15) is 5.75 Å². The van der Waals surface area contributed by atoms with Crippen molar-refractivity contribution in [3.8, 4) is 5.75 Å². The second kappa shape index (κ2) is 9.23. The van der Waals surface area contributed by atoms with Gasteiger partial charge in [-0.05, 0) is 60.7 Å². The van der Waals surface area contributed by atoms with Crippen LogP contribution >= 0.6 is 15.9 Å². The number of benzene rings is 5. The summed E-state index contributed by atoms with van der Waals surface area (Å²) in [6.07, 6.45) is 2.58. The number of aromatic hydroxyl groups is 1. The average molecular weight is 626 g/mol. The molecule has 0 unspecified atom stereocenters. The molecule has 4 amide bonds. The highest BCUT2D eigenvalue weighted by Crippen LogP contribution is 2.51. The number of carbonyl (C=O) groups is 4. The molecule has 8 heteroatoms. The normalized spacial score (nSPS) is 15.3. The van der Waals surface area contributed by atoms with Crippen molar-refractivity contribution in [2.24, 2.45) is 0 Å². The van der Waals surface area contributed by atoms with Crippen molar-refractivity contribution in [2.75, 3.05) is 0 Å². The number of phenols is 1. The fraction of sp³-hybridized carbons (Fsp3) is 0.294. The third-order valence-electron chi connectivity index (χ3n) is 9.45. The Balaban J connectivity index is 1.62. The van der Waals surface area contributed by atoms with E-state index in [1.54, 1.807) is 18.2 Å². The Bertz CT molecular complexity index is 1910. The molecule has 0 atom stereocenters. The van der Waals surface area contributed by atoms with Crippen LogP contribution in [0.3, 0.4) is 0 Å². The smallest absolute Gasteiger partial charge is 0.261 e. The molecule has 0 saturated carbocycles. The Morgan fingerprint density at radius 2 is 0.976 bits per heavy atom. The Labute approximate surface area is 250 Å². The molecule has 0 saturated heterocycles. The predicted molar refractivity (Wildman–Crippen MR) is 167 cm³/mol. The lowest BCUT2D eigenvalue weighted by atomic mass is 9.81. The number of fused-ring (bicyclic) bond motifs is 2. The van der Waals surface area contributed by atoms with Crippen molar-refractivity contribution in [3.63, 3.8) is 0 Å². The molecule has 2 aliphatic heterocycles. The number of hydrogen-bond donors (Lipinski definition) is 1. The minimum absolute atomic E-state index is 0.0855. The van der Waals surface area contributed by atoms with E-state index in [2.05, 4.69) is 15.9 Å². The van der Waals surface area contributed by atoms with Gasteiger partial charge in [-0.15, -0.1) is 0 Å². The summed E-state index contributed by atoms with van der Waals surface area (Å²) >= 11 is 3.73. The van der Waals surface area contributed by atoms with Crippen LogP contribution < -0.4 is 0 Å². The Morgan fingerprint density at radius 1 is 0.571 bits per heavy atom. The van der Waals surface area contributed by atoms with E-state index >= 15 is 0 Å². The van der Waals surface area contributed by atoms with E-state index in [0.29, 0.717) is 84.7 Å². The fourth-order valence-electron chi connectivity index (χ4n) is 7.40. The average Bonchev–Trinajstić information content (AvgIpc) is 2.99. The standard InChI is InChI=1S/C34H29BrN2O5/c1-5-15(6-2)36-31(39)19-12-10-18-28-24(38)14-22-26-20(32(40)37(34(22)42)16(7-3)8-4)11-9-17(30(26)28)27-23(35)13-21(33(36)41)25(19)29(18)27/h9-16,38H,5-8H2,1-4H3. The summed E-state index contributed by atoms with van der Waals surface area (Å²) in [4.78, 5) is 58.0. The number of carbonyl (C=O) groups excluding carboxylic acids is 4. The summed E-state index contributed by atoms with van der Waals surface area (Å²) in [6, 6.07) is 9.93. The Morgan fingerprint density at radius 3 is 1.45 bits per heavy atom. The Kier molecular flexibility index (Phi) is 5.90. The van der Waals surface area contributed by atoms with Crippen LogP contribution in [0.15, 0.2) is 40.9 Å². The number of phenolic OH excluding ortho intramolecular Hbond substituents is 1. The number of hydrogen-bond acceptors (Lipinski definition) is 5. The molecule has 7 nitrogen and oxygen atoms in total. The highest BCUT2D eigenvalue weighted by atomic mass is 79.9. The fourth-order valence-corrected chi connectivity index (χ4v) is 8.05. The van der Waals surface area contributed by atoms with Gasteiger partial charge in [0.25, 0.3) is 23.6 Å². The van der Waals surface area contributed by atoms with Crippen LogP contribution in [0.1, 0.15) is 94.8 Å². The molecule has 5 aromatic carbocycles. The summed E-state index contributed by atoms with van der Waals surface area (Å²) in [5, 5.41) is 16.6. The van der Waals surface area contributed by atoms with Gasteiger partial charge in [0.15, 0.2) is 0 Å². The zero-order valence-electron chi connectivity index (χ0n) is 23.8. The molecule has 42 heavy (non-hydrogen) atoms. The number of rotatable bonds is 6. The molecule has 2 aliphatic rings. The lowest BCUT2D eigenvalue weighted by Gasteiger charge is -2.35. The van der Waals surface area contributed by atoms with Crippen LogP contribution in [0.5, 0.6) is 5.75 Å². The van der Waals surface area contributed by atoms with E-state index in [9.17, 15) is 24.3 Å². The van der Waals surface area contributed by atoms with E-state index in [1.807, 2.05) is 39.8 Å². The van der Waals surface area contributed by atoms with Crippen LogP contribution in [0, 0.1) is 0 Å². The van der Waals surface area contributed by atoms with E-state index in [-0.39, 0.29) is 35.6 Å². The minimum atomic E-state index is -0.409. The summed E-state index contributed by atoms with van der Waals surface area (Å²) in [7, 11) is 0. The predicted octanol–water partition coefficient (Wildman–Crippen LogP) is 7.77. The zero-order chi connectivity index (χ0) is 29.8. The molecule has 5 aromatic rings. The summed E-state index contributed by atoms with van der Waals surface area (Å²) < 4.78 is 0.661. The molecular formula is C34H29BrN2O5. The molecule has 2 heterocycles. The molecule has 1 N–H and O–H groups in total. The topological polar surface area (TPSA) is 95.0 Å². The van der Waals surface area contributed by atoms with Crippen molar-refractivity contribution in [3.05, 3.63) is 63.1 Å². The van der Waals surface area contributed by atoms with Gasteiger partial charge in [-0.2, -0.15) is 0 Å². The van der Waals surface area contributed by atoms with E-state index in [4.69, 9.17) is 0 Å². The molecule has 0 radical (unpaired) electrons. The molecule has 0 aliphatic carbocycles. The van der Waals surface area contributed by atoms with Crippen molar-refractivity contribution in [1.82, 2.24) is 9.80 Å². The molecule has 0 fully saturated rings. The van der Waals surface area contributed by atoms with Crippen molar-refractivity contribution in [2.45, 2.75) is 65.5 Å². The maximum Gasteiger partial charge on any atom is 0.261 e. The summed E-state index contributed by atoms with van der Waals surface area (Å²) in [5.41, 5.74) is 1.60.